The van der Waals surface area contributed by atoms with Crippen LogP contribution >= 0.6 is 15.9 Å². The molecule has 1 aromatic rings. The Bertz CT molecular complexity index is 467. The zero-order valence-corrected chi connectivity index (χ0v) is 12.6. The van der Waals surface area contributed by atoms with Crippen LogP contribution in [0.2, 0.25) is 0 Å². The maximum Gasteiger partial charge on any atom is 0.308 e. The van der Waals surface area contributed by atoms with Crippen LogP contribution in [0.5, 0.6) is 0 Å². The fourth-order valence-corrected chi connectivity index (χ4v) is 2.23. The van der Waals surface area contributed by atoms with E-state index < -0.39 is 0 Å². The Kier molecular flexibility index (Phi) is 4.76. The summed E-state index contributed by atoms with van der Waals surface area (Å²) in [6, 6.07) is 2.03. The van der Waals surface area contributed by atoms with Gasteiger partial charge >= 0.3 is 5.97 Å². The van der Waals surface area contributed by atoms with Crippen molar-refractivity contribution in [2.45, 2.75) is 19.4 Å². The quantitative estimate of drug-likeness (QED) is 0.793. The van der Waals surface area contributed by atoms with Gasteiger partial charge in [0.05, 0.1) is 26.2 Å². The Morgan fingerprint density at radius 2 is 2.47 bits per heavy atom. The molecule has 1 aliphatic heterocycles. The molecule has 0 spiro atoms. The van der Waals surface area contributed by atoms with Crippen LogP contribution in [0.3, 0.4) is 0 Å². The number of aromatic nitrogens is 1. The van der Waals surface area contributed by atoms with Crippen molar-refractivity contribution in [1.82, 2.24) is 4.98 Å². The zero-order chi connectivity index (χ0) is 13.8. The largest absolute Gasteiger partial charge is 0.469 e. The number of methoxy groups -OCH3 is 1. The number of hydrogen-bond acceptors (Lipinski definition) is 5. The highest BCUT2D eigenvalue weighted by Crippen LogP contribution is 2.22. The fraction of sp³-hybridized carbons (Fsp3) is 0.538. The molecule has 19 heavy (non-hydrogen) atoms. The van der Waals surface area contributed by atoms with Crippen LogP contribution in [0.4, 0.5) is 5.82 Å². The summed E-state index contributed by atoms with van der Waals surface area (Å²) in [5.74, 6) is 0.672. The van der Waals surface area contributed by atoms with Crippen LogP contribution in [-0.4, -0.2) is 43.9 Å². The van der Waals surface area contributed by atoms with Crippen LogP contribution < -0.4 is 4.90 Å². The second-order valence-electron chi connectivity index (χ2n) is 4.51. The first kappa shape index (κ1) is 14.3. The van der Waals surface area contributed by atoms with Crippen molar-refractivity contribution in [3.63, 3.8) is 0 Å². The van der Waals surface area contributed by atoms with Crippen LogP contribution in [-0.2, 0) is 14.3 Å². The van der Waals surface area contributed by atoms with Crippen LogP contribution in [0.1, 0.15) is 12.0 Å². The summed E-state index contributed by atoms with van der Waals surface area (Å²) < 4.78 is 11.2. The minimum Gasteiger partial charge on any atom is -0.469 e. The van der Waals surface area contributed by atoms with Crippen LogP contribution in [0, 0.1) is 6.92 Å². The van der Waals surface area contributed by atoms with E-state index in [1.54, 1.807) is 6.20 Å². The monoisotopic (exact) mass is 328 g/mol. The van der Waals surface area contributed by atoms with Gasteiger partial charge in [0.25, 0.3) is 0 Å². The van der Waals surface area contributed by atoms with Gasteiger partial charge in [-0.25, -0.2) is 4.98 Å². The maximum absolute atomic E-state index is 11.3. The molecule has 0 bridgehead atoms. The smallest absolute Gasteiger partial charge is 0.308 e. The lowest BCUT2D eigenvalue weighted by Crippen LogP contribution is -2.43. The molecule has 0 saturated carbocycles. The lowest BCUT2D eigenvalue weighted by Gasteiger charge is -2.33. The van der Waals surface area contributed by atoms with Gasteiger partial charge in [-0.15, -0.1) is 0 Å². The predicted octanol–water partition coefficient (Wildman–Crippen LogP) is 1.92. The summed E-state index contributed by atoms with van der Waals surface area (Å²) in [5, 5.41) is 0. The zero-order valence-electron chi connectivity index (χ0n) is 11.1. The average molecular weight is 329 g/mol. The summed E-state index contributed by atoms with van der Waals surface area (Å²) in [5.41, 5.74) is 1.14. The third-order valence-corrected chi connectivity index (χ3v) is 3.95. The molecule has 1 aromatic heterocycles. The van der Waals surface area contributed by atoms with E-state index in [0.29, 0.717) is 13.2 Å². The Labute approximate surface area is 121 Å². The van der Waals surface area contributed by atoms with Gasteiger partial charge in [-0.1, -0.05) is 0 Å². The molecule has 1 unspecified atom stereocenters. The number of hydrogen-bond donors (Lipinski definition) is 0. The third kappa shape index (κ3) is 3.67. The standard InChI is InChI=1S/C13H17BrN2O3/c1-9-5-12(15-7-11(9)14)16-3-4-19-10(8-16)6-13(17)18-2/h5,7,10H,3-4,6,8H2,1-2H3. The third-order valence-electron chi connectivity index (χ3n) is 3.12. The molecule has 0 N–H and O–H groups in total. The molecule has 2 heterocycles. The van der Waals surface area contributed by atoms with Gasteiger partial charge < -0.3 is 14.4 Å². The molecule has 2 rings (SSSR count). The second-order valence-corrected chi connectivity index (χ2v) is 5.37. The van der Waals surface area contributed by atoms with Gasteiger partial charge in [-0.05, 0) is 34.5 Å². The Balaban J connectivity index is 2.04. The number of carbonyl (C=O) groups excluding carboxylic acids is 1. The molecule has 104 valence electrons. The normalized spacial score (nSPS) is 19.3. The first-order valence-corrected chi connectivity index (χ1v) is 6.95. The van der Waals surface area contributed by atoms with Gasteiger partial charge in [-0.3, -0.25) is 4.79 Å². The van der Waals surface area contributed by atoms with Gasteiger partial charge in [0.15, 0.2) is 0 Å². The highest BCUT2D eigenvalue weighted by Gasteiger charge is 2.24. The van der Waals surface area contributed by atoms with Crippen molar-refractivity contribution in [3.05, 3.63) is 22.3 Å². The Morgan fingerprint density at radius 3 is 3.16 bits per heavy atom. The molecular formula is C13H17BrN2O3. The molecule has 0 radical (unpaired) electrons. The number of nitrogens with zero attached hydrogens (tertiary/aromatic N) is 2. The van der Waals surface area contributed by atoms with E-state index >= 15 is 0 Å². The molecule has 0 amide bonds. The highest BCUT2D eigenvalue weighted by atomic mass is 79.9. The van der Waals surface area contributed by atoms with Crippen LogP contribution in [0.15, 0.2) is 16.7 Å². The summed E-state index contributed by atoms with van der Waals surface area (Å²) in [4.78, 5) is 17.8. The molecule has 1 atom stereocenters. The van der Waals surface area contributed by atoms with Gasteiger partial charge in [0, 0.05) is 23.8 Å². The summed E-state index contributed by atoms with van der Waals surface area (Å²) in [6.07, 6.45) is 1.95. The number of morpholine rings is 1. The van der Waals surface area contributed by atoms with E-state index in [0.717, 1.165) is 22.4 Å². The lowest BCUT2D eigenvalue weighted by atomic mass is 10.2. The molecule has 0 aliphatic carbocycles. The molecule has 5 nitrogen and oxygen atoms in total. The van der Waals surface area contributed by atoms with E-state index in [1.165, 1.54) is 7.11 Å². The SMILES string of the molecule is COC(=O)CC1CN(c2cc(C)c(Br)cn2)CCO1. The van der Waals surface area contributed by atoms with E-state index in [-0.39, 0.29) is 18.5 Å². The minimum atomic E-state index is -0.244. The molecule has 6 heteroatoms. The number of carbonyl (C=O) groups is 1. The Morgan fingerprint density at radius 1 is 1.68 bits per heavy atom. The van der Waals surface area contributed by atoms with Crippen molar-refractivity contribution in [3.8, 4) is 0 Å². The number of aryl methyl sites for hydroxylation is 1. The minimum absolute atomic E-state index is 0.132. The number of anilines is 1. The first-order chi connectivity index (χ1) is 9.10. The van der Waals surface area contributed by atoms with E-state index in [9.17, 15) is 4.79 Å². The number of esters is 1. The van der Waals surface area contributed by atoms with Crippen molar-refractivity contribution in [1.29, 1.82) is 0 Å². The molecule has 1 saturated heterocycles. The maximum atomic E-state index is 11.3. The van der Waals surface area contributed by atoms with Crippen molar-refractivity contribution in [2.75, 3.05) is 31.7 Å². The van der Waals surface area contributed by atoms with Crippen molar-refractivity contribution >= 4 is 27.7 Å². The second kappa shape index (κ2) is 6.34. The van der Waals surface area contributed by atoms with Gasteiger partial charge in [0.1, 0.15) is 5.82 Å². The number of rotatable bonds is 3. The number of ether oxygens (including phenoxy) is 2. The van der Waals surface area contributed by atoms with Crippen molar-refractivity contribution in [2.24, 2.45) is 0 Å². The van der Waals surface area contributed by atoms with Gasteiger partial charge in [0.2, 0.25) is 0 Å². The lowest BCUT2D eigenvalue weighted by molar-refractivity contribution is -0.144. The van der Waals surface area contributed by atoms with E-state index in [4.69, 9.17) is 4.74 Å². The highest BCUT2D eigenvalue weighted by molar-refractivity contribution is 9.10. The predicted molar refractivity (Wildman–Crippen MR) is 75.3 cm³/mol. The Hall–Kier alpha value is -1.14. The number of halogens is 1. The number of pyridine rings is 1. The fourth-order valence-electron chi connectivity index (χ4n) is 2.02. The summed E-state index contributed by atoms with van der Waals surface area (Å²) >= 11 is 3.44. The van der Waals surface area contributed by atoms with Crippen LogP contribution in [0.25, 0.3) is 0 Å². The molecular weight excluding hydrogens is 312 g/mol. The molecule has 1 fully saturated rings. The summed E-state index contributed by atoms with van der Waals surface area (Å²) in [7, 11) is 1.39. The average Bonchev–Trinajstić information content (AvgIpc) is 2.42. The van der Waals surface area contributed by atoms with Crippen molar-refractivity contribution < 1.29 is 14.3 Å². The topological polar surface area (TPSA) is 51.7 Å². The molecule has 0 aromatic carbocycles. The van der Waals surface area contributed by atoms with E-state index in [1.807, 2.05) is 13.0 Å². The van der Waals surface area contributed by atoms with Gasteiger partial charge in [-0.2, -0.15) is 0 Å². The molecule has 1 aliphatic rings. The first-order valence-electron chi connectivity index (χ1n) is 6.15. The summed E-state index contributed by atoms with van der Waals surface area (Å²) in [6.45, 7) is 4.06. The van der Waals surface area contributed by atoms with E-state index in [2.05, 4.69) is 30.6 Å².